The molecule has 0 bridgehead atoms. The average molecular weight is 348 g/mol. The molecule has 0 aromatic heterocycles. The zero-order chi connectivity index (χ0) is 17.3. The number of benzene rings is 1. The summed E-state index contributed by atoms with van der Waals surface area (Å²) >= 11 is 0.797. The number of rotatable bonds is 3. The first-order valence-corrected chi connectivity index (χ1v) is 7.68. The highest BCUT2D eigenvalue weighted by Crippen LogP contribution is 2.34. The molecule has 3 amide bonds. The molecule has 1 N–H and O–H groups in total. The quantitative estimate of drug-likeness (QED) is 0.640. The van der Waals surface area contributed by atoms with E-state index in [-0.39, 0.29) is 24.0 Å². The second-order valence-corrected chi connectivity index (χ2v) is 5.94. The number of hydrogen-bond donors (Lipinski definition) is 1. The summed E-state index contributed by atoms with van der Waals surface area (Å²) in [4.78, 5) is 47.9. The highest BCUT2D eigenvalue weighted by atomic mass is 32.2. The second-order valence-electron chi connectivity index (χ2n) is 4.92. The number of ether oxygens (including phenoxy) is 2. The van der Waals surface area contributed by atoms with Crippen molar-refractivity contribution in [2.45, 2.75) is 0 Å². The van der Waals surface area contributed by atoms with Crippen LogP contribution in [0.25, 0.3) is 6.08 Å². The van der Waals surface area contributed by atoms with Gasteiger partial charge in [-0.3, -0.25) is 29.4 Å². The van der Waals surface area contributed by atoms with Gasteiger partial charge in [-0.25, -0.2) is 0 Å². The lowest BCUT2D eigenvalue weighted by Gasteiger charge is -2.28. The minimum atomic E-state index is -0.559. The van der Waals surface area contributed by atoms with Gasteiger partial charge in [0.2, 0.25) is 0 Å². The van der Waals surface area contributed by atoms with Crippen molar-refractivity contribution in [2.75, 3.05) is 25.2 Å². The molecular formula is C15H12N2O6S. The molecule has 0 spiro atoms. The maximum absolute atomic E-state index is 12.0. The number of carbonyl (C=O) groups is 4. The van der Waals surface area contributed by atoms with Crippen LogP contribution in [0, 0.1) is 0 Å². The molecule has 1 aromatic rings. The predicted molar refractivity (Wildman–Crippen MR) is 85.4 cm³/mol. The van der Waals surface area contributed by atoms with Gasteiger partial charge in [0.05, 0.1) is 17.7 Å². The number of hydrogen-bond acceptors (Lipinski definition) is 7. The number of thioether (sulfide) groups is 1. The Labute approximate surface area is 140 Å². The molecular weight excluding hydrogens is 336 g/mol. The summed E-state index contributed by atoms with van der Waals surface area (Å²) < 4.78 is 9.94. The lowest BCUT2D eigenvalue weighted by molar-refractivity contribution is -0.140. The zero-order valence-corrected chi connectivity index (χ0v) is 13.3. The molecule has 1 saturated heterocycles. The molecule has 124 valence electrons. The van der Waals surface area contributed by atoms with Gasteiger partial charge in [0.15, 0.2) is 6.61 Å². The van der Waals surface area contributed by atoms with Crippen molar-refractivity contribution in [1.29, 1.82) is 0 Å². The zero-order valence-electron chi connectivity index (χ0n) is 12.5. The van der Waals surface area contributed by atoms with Crippen LogP contribution in [0.5, 0.6) is 5.75 Å². The Balaban J connectivity index is 1.95. The van der Waals surface area contributed by atoms with Crippen LogP contribution >= 0.6 is 11.8 Å². The Morgan fingerprint density at radius 1 is 1.42 bits per heavy atom. The fourth-order valence-electron chi connectivity index (χ4n) is 2.25. The molecule has 1 fully saturated rings. The number of anilines is 1. The van der Waals surface area contributed by atoms with Gasteiger partial charge in [0, 0.05) is 0 Å². The van der Waals surface area contributed by atoms with Gasteiger partial charge in [0.25, 0.3) is 17.1 Å². The molecule has 1 aromatic carbocycles. The highest BCUT2D eigenvalue weighted by molar-refractivity contribution is 8.18. The molecule has 9 heteroatoms. The van der Waals surface area contributed by atoms with Crippen molar-refractivity contribution < 1.29 is 28.7 Å². The van der Waals surface area contributed by atoms with E-state index in [1.54, 1.807) is 18.2 Å². The van der Waals surface area contributed by atoms with E-state index in [2.05, 4.69) is 10.1 Å². The Morgan fingerprint density at radius 3 is 2.88 bits per heavy atom. The van der Waals surface area contributed by atoms with Crippen molar-refractivity contribution in [3.63, 3.8) is 0 Å². The molecule has 3 rings (SSSR count). The number of imide groups is 1. The molecule has 0 saturated carbocycles. The van der Waals surface area contributed by atoms with E-state index in [4.69, 9.17) is 4.74 Å². The molecule has 0 radical (unpaired) electrons. The lowest BCUT2D eigenvalue weighted by Crippen LogP contribution is -2.42. The minimum Gasteiger partial charge on any atom is -0.482 e. The fraction of sp³-hybridized carbons (Fsp3) is 0.200. The molecule has 24 heavy (non-hydrogen) atoms. The van der Waals surface area contributed by atoms with Crippen LogP contribution in [-0.4, -0.2) is 43.3 Å². The van der Waals surface area contributed by atoms with E-state index in [0.717, 1.165) is 11.8 Å². The van der Waals surface area contributed by atoms with Gasteiger partial charge in [-0.2, -0.15) is 0 Å². The fourth-order valence-corrected chi connectivity index (χ4v) is 2.93. The van der Waals surface area contributed by atoms with E-state index in [0.29, 0.717) is 17.0 Å². The summed E-state index contributed by atoms with van der Waals surface area (Å²) in [5, 5.41) is 1.73. The second kappa shape index (κ2) is 6.36. The van der Waals surface area contributed by atoms with Crippen LogP contribution in [0.4, 0.5) is 10.5 Å². The summed E-state index contributed by atoms with van der Waals surface area (Å²) in [7, 11) is 1.24. The third-order valence-electron chi connectivity index (χ3n) is 3.38. The maximum Gasteiger partial charge on any atom is 0.325 e. The number of nitrogens with one attached hydrogen (secondary N) is 1. The van der Waals surface area contributed by atoms with Crippen molar-refractivity contribution in [3.05, 3.63) is 28.7 Å². The molecule has 2 heterocycles. The van der Waals surface area contributed by atoms with E-state index in [9.17, 15) is 19.2 Å². The maximum atomic E-state index is 12.0. The molecule has 0 unspecified atom stereocenters. The van der Waals surface area contributed by atoms with Gasteiger partial charge >= 0.3 is 5.97 Å². The summed E-state index contributed by atoms with van der Waals surface area (Å²) in [6.45, 7) is -0.406. The third kappa shape index (κ3) is 3.11. The van der Waals surface area contributed by atoms with Crippen molar-refractivity contribution in [3.8, 4) is 5.75 Å². The standard InChI is InChI=1S/C15H12N2O6S/c1-22-13(19)6-17-9-4-8(2-3-10(9)23-7-12(17)18)5-11-14(20)16-15(21)24-11/h2-5H,6-7H2,1H3,(H,16,20,21)/b11-5-. The Bertz CT molecular complexity index is 788. The SMILES string of the molecule is COC(=O)CN1C(=O)COc2ccc(/C=C3\SC(=O)NC3=O)cc21. The van der Waals surface area contributed by atoms with Gasteiger partial charge < -0.3 is 9.47 Å². The molecule has 8 nitrogen and oxygen atoms in total. The number of fused-ring (bicyclic) bond motifs is 1. The van der Waals surface area contributed by atoms with E-state index < -0.39 is 17.1 Å². The van der Waals surface area contributed by atoms with E-state index in [1.165, 1.54) is 18.1 Å². The molecule has 0 atom stereocenters. The van der Waals surface area contributed by atoms with Crippen LogP contribution in [0.3, 0.4) is 0 Å². The van der Waals surface area contributed by atoms with Crippen LogP contribution in [0.1, 0.15) is 5.56 Å². The number of amides is 3. The third-order valence-corrected chi connectivity index (χ3v) is 4.19. The number of esters is 1. The number of methoxy groups -OCH3 is 1. The van der Waals surface area contributed by atoms with Crippen LogP contribution in [0.2, 0.25) is 0 Å². The number of nitrogens with zero attached hydrogens (tertiary/aromatic N) is 1. The van der Waals surface area contributed by atoms with Gasteiger partial charge in [-0.1, -0.05) is 6.07 Å². The summed E-state index contributed by atoms with van der Waals surface area (Å²) in [6.07, 6.45) is 1.53. The Morgan fingerprint density at radius 2 is 2.21 bits per heavy atom. The molecule has 2 aliphatic heterocycles. The van der Waals surface area contributed by atoms with Crippen LogP contribution < -0.4 is 15.0 Å². The van der Waals surface area contributed by atoms with Crippen molar-refractivity contribution in [2.24, 2.45) is 0 Å². The summed E-state index contributed by atoms with van der Waals surface area (Å²) in [6, 6.07) is 4.94. The minimum absolute atomic E-state index is 0.169. The lowest BCUT2D eigenvalue weighted by atomic mass is 10.1. The van der Waals surface area contributed by atoms with E-state index in [1.807, 2.05) is 0 Å². The average Bonchev–Trinajstić information content (AvgIpc) is 2.87. The predicted octanol–water partition coefficient (Wildman–Crippen LogP) is 0.909. The number of carbonyl (C=O) groups excluding carboxylic acids is 4. The van der Waals surface area contributed by atoms with Crippen molar-refractivity contribution in [1.82, 2.24) is 5.32 Å². The van der Waals surface area contributed by atoms with Crippen LogP contribution in [-0.2, 0) is 19.1 Å². The smallest absolute Gasteiger partial charge is 0.325 e. The van der Waals surface area contributed by atoms with E-state index >= 15 is 0 Å². The first-order chi connectivity index (χ1) is 11.5. The topological polar surface area (TPSA) is 102 Å². The largest absolute Gasteiger partial charge is 0.482 e. The summed E-state index contributed by atoms with van der Waals surface area (Å²) in [5.74, 6) is -0.959. The van der Waals surface area contributed by atoms with Gasteiger partial charge in [-0.05, 0) is 35.5 Å². The monoisotopic (exact) mass is 348 g/mol. The Hall–Kier alpha value is -2.81. The molecule has 0 aliphatic carbocycles. The first kappa shape index (κ1) is 16.1. The van der Waals surface area contributed by atoms with Crippen LogP contribution in [0.15, 0.2) is 23.1 Å². The normalized spacial score (nSPS) is 18.3. The van der Waals surface area contributed by atoms with Crippen molar-refractivity contribution >= 4 is 46.5 Å². The molecule has 2 aliphatic rings. The highest BCUT2D eigenvalue weighted by Gasteiger charge is 2.29. The van der Waals surface area contributed by atoms with Gasteiger partial charge in [-0.15, -0.1) is 0 Å². The summed E-state index contributed by atoms with van der Waals surface area (Å²) in [5.41, 5.74) is 0.995. The van der Waals surface area contributed by atoms with Gasteiger partial charge in [0.1, 0.15) is 12.3 Å². The Kier molecular flexibility index (Phi) is 4.26. The first-order valence-electron chi connectivity index (χ1n) is 6.87.